The SMILES string of the molecule is CCNc1ncc([N+](=O)[O-])cc1C(=O)N(CC)C1CC1. The molecular formula is C13H18N4O3. The number of pyridine rings is 1. The van der Waals surface area contributed by atoms with E-state index >= 15 is 0 Å². The Kier molecular flexibility index (Phi) is 4.16. The minimum Gasteiger partial charge on any atom is -0.370 e. The Bertz CT molecular complexity index is 528. The van der Waals surface area contributed by atoms with E-state index in [2.05, 4.69) is 10.3 Å². The Morgan fingerprint density at radius 1 is 1.55 bits per heavy atom. The molecule has 0 unspecified atom stereocenters. The molecule has 0 atom stereocenters. The van der Waals surface area contributed by atoms with Gasteiger partial charge < -0.3 is 10.2 Å². The predicted octanol–water partition coefficient (Wildman–Crippen LogP) is 2.05. The molecule has 1 heterocycles. The van der Waals surface area contributed by atoms with Gasteiger partial charge >= 0.3 is 0 Å². The number of carbonyl (C=O) groups excluding carboxylic acids is 1. The maximum atomic E-state index is 12.6. The van der Waals surface area contributed by atoms with Crippen LogP contribution in [0.2, 0.25) is 0 Å². The second-order valence-electron chi connectivity index (χ2n) is 4.70. The van der Waals surface area contributed by atoms with Crippen molar-refractivity contribution in [2.24, 2.45) is 0 Å². The van der Waals surface area contributed by atoms with E-state index in [1.807, 2.05) is 13.8 Å². The molecule has 20 heavy (non-hydrogen) atoms. The van der Waals surface area contributed by atoms with Crippen LogP contribution in [0.1, 0.15) is 37.0 Å². The largest absolute Gasteiger partial charge is 0.370 e. The minimum atomic E-state index is -0.535. The summed E-state index contributed by atoms with van der Waals surface area (Å²) in [4.78, 5) is 28.6. The lowest BCUT2D eigenvalue weighted by Gasteiger charge is -2.21. The van der Waals surface area contributed by atoms with Crippen molar-refractivity contribution in [3.63, 3.8) is 0 Å². The van der Waals surface area contributed by atoms with Crippen LogP contribution < -0.4 is 5.32 Å². The third kappa shape index (κ3) is 2.87. The van der Waals surface area contributed by atoms with Crippen LogP contribution in [0.15, 0.2) is 12.3 Å². The van der Waals surface area contributed by atoms with Gasteiger partial charge in [-0.05, 0) is 26.7 Å². The van der Waals surface area contributed by atoms with E-state index in [0.717, 1.165) is 12.8 Å². The molecule has 1 aliphatic carbocycles. The summed E-state index contributed by atoms with van der Waals surface area (Å²) in [7, 11) is 0. The summed E-state index contributed by atoms with van der Waals surface area (Å²) in [5.41, 5.74) is 0.108. The van der Waals surface area contributed by atoms with E-state index in [1.165, 1.54) is 12.3 Å². The lowest BCUT2D eigenvalue weighted by molar-refractivity contribution is -0.385. The second-order valence-corrected chi connectivity index (χ2v) is 4.70. The average Bonchev–Trinajstić information content (AvgIpc) is 3.24. The number of nitrogens with one attached hydrogen (secondary N) is 1. The predicted molar refractivity (Wildman–Crippen MR) is 74.8 cm³/mol. The van der Waals surface area contributed by atoms with E-state index in [9.17, 15) is 14.9 Å². The van der Waals surface area contributed by atoms with Crippen LogP contribution in [-0.4, -0.2) is 39.8 Å². The van der Waals surface area contributed by atoms with Gasteiger partial charge in [-0.3, -0.25) is 14.9 Å². The monoisotopic (exact) mass is 278 g/mol. The highest BCUT2D eigenvalue weighted by Gasteiger charge is 2.33. The Morgan fingerprint density at radius 2 is 2.25 bits per heavy atom. The molecule has 0 aliphatic heterocycles. The summed E-state index contributed by atoms with van der Waals surface area (Å²) in [6.45, 7) is 4.99. The van der Waals surface area contributed by atoms with Gasteiger partial charge in [-0.2, -0.15) is 0 Å². The Balaban J connectivity index is 2.37. The van der Waals surface area contributed by atoms with E-state index in [1.54, 1.807) is 4.90 Å². The molecule has 0 spiro atoms. The van der Waals surface area contributed by atoms with Crippen molar-refractivity contribution in [3.05, 3.63) is 27.9 Å². The number of hydrogen-bond donors (Lipinski definition) is 1. The topological polar surface area (TPSA) is 88.4 Å². The number of anilines is 1. The van der Waals surface area contributed by atoms with Gasteiger partial charge in [-0.1, -0.05) is 0 Å². The molecule has 1 saturated carbocycles. The fourth-order valence-electron chi connectivity index (χ4n) is 2.13. The summed E-state index contributed by atoms with van der Waals surface area (Å²) in [6, 6.07) is 1.57. The fraction of sp³-hybridized carbons (Fsp3) is 0.538. The van der Waals surface area contributed by atoms with Crippen LogP contribution in [0.25, 0.3) is 0 Å². The molecule has 0 aromatic carbocycles. The zero-order valence-electron chi connectivity index (χ0n) is 11.6. The smallest absolute Gasteiger partial charge is 0.288 e. The van der Waals surface area contributed by atoms with E-state index < -0.39 is 4.92 Å². The minimum absolute atomic E-state index is 0.165. The average molecular weight is 278 g/mol. The van der Waals surface area contributed by atoms with Crippen LogP contribution in [0, 0.1) is 10.1 Å². The Labute approximate surface area is 117 Å². The molecule has 0 bridgehead atoms. The molecule has 0 saturated heterocycles. The van der Waals surface area contributed by atoms with Gasteiger partial charge in [0.15, 0.2) is 0 Å². The summed E-state index contributed by atoms with van der Waals surface area (Å²) >= 11 is 0. The summed E-state index contributed by atoms with van der Waals surface area (Å²) in [5.74, 6) is 0.212. The molecule has 1 aromatic heterocycles. The maximum Gasteiger partial charge on any atom is 0.288 e. The van der Waals surface area contributed by atoms with Crippen LogP contribution in [0.5, 0.6) is 0 Å². The van der Waals surface area contributed by atoms with Gasteiger partial charge in [-0.15, -0.1) is 0 Å². The van der Waals surface area contributed by atoms with Crippen LogP contribution in [-0.2, 0) is 0 Å². The van der Waals surface area contributed by atoms with E-state index in [-0.39, 0.29) is 23.2 Å². The molecular weight excluding hydrogens is 260 g/mol. The molecule has 0 radical (unpaired) electrons. The number of hydrogen-bond acceptors (Lipinski definition) is 5. The maximum absolute atomic E-state index is 12.6. The first kappa shape index (κ1) is 14.2. The van der Waals surface area contributed by atoms with Gasteiger partial charge in [0.1, 0.15) is 12.0 Å². The van der Waals surface area contributed by atoms with Crippen LogP contribution in [0.4, 0.5) is 11.5 Å². The van der Waals surface area contributed by atoms with Crippen molar-refractivity contribution in [2.75, 3.05) is 18.4 Å². The zero-order valence-corrected chi connectivity index (χ0v) is 11.6. The van der Waals surface area contributed by atoms with Crippen LogP contribution >= 0.6 is 0 Å². The number of rotatable bonds is 6. The molecule has 7 heteroatoms. The molecule has 1 fully saturated rings. The third-order valence-electron chi connectivity index (χ3n) is 3.25. The molecule has 1 aromatic rings. The van der Waals surface area contributed by atoms with Gasteiger partial charge in [0, 0.05) is 25.2 Å². The van der Waals surface area contributed by atoms with Crippen molar-refractivity contribution < 1.29 is 9.72 Å². The number of aromatic nitrogens is 1. The van der Waals surface area contributed by atoms with Crippen molar-refractivity contribution in [1.29, 1.82) is 0 Å². The molecule has 108 valence electrons. The van der Waals surface area contributed by atoms with E-state index in [0.29, 0.717) is 18.9 Å². The first-order chi connectivity index (χ1) is 9.58. The quantitative estimate of drug-likeness (QED) is 0.635. The molecule has 1 N–H and O–H groups in total. The fourth-order valence-corrected chi connectivity index (χ4v) is 2.13. The van der Waals surface area contributed by atoms with Gasteiger partial charge in [0.25, 0.3) is 11.6 Å². The zero-order chi connectivity index (χ0) is 14.7. The Morgan fingerprint density at radius 3 is 2.75 bits per heavy atom. The standard InChI is InChI=1S/C13H18N4O3/c1-3-14-12-11(7-10(8-15-12)17(19)20)13(18)16(4-2)9-5-6-9/h7-9H,3-6H2,1-2H3,(H,14,15). The highest BCUT2D eigenvalue weighted by molar-refractivity contribution is 5.99. The molecule has 1 amide bonds. The summed E-state index contributed by atoms with van der Waals surface area (Å²) < 4.78 is 0. The number of amides is 1. The van der Waals surface area contributed by atoms with Crippen molar-refractivity contribution in [2.45, 2.75) is 32.7 Å². The third-order valence-corrected chi connectivity index (χ3v) is 3.25. The van der Waals surface area contributed by atoms with E-state index in [4.69, 9.17) is 0 Å². The first-order valence-electron chi connectivity index (χ1n) is 6.77. The van der Waals surface area contributed by atoms with Gasteiger partial charge in [0.2, 0.25) is 0 Å². The van der Waals surface area contributed by atoms with Crippen molar-refractivity contribution in [1.82, 2.24) is 9.88 Å². The molecule has 2 rings (SSSR count). The van der Waals surface area contributed by atoms with Crippen molar-refractivity contribution >= 4 is 17.4 Å². The highest BCUT2D eigenvalue weighted by atomic mass is 16.6. The lowest BCUT2D eigenvalue weighted by atomic mass is 10.2. The Hall–Kier alpha value is -2.18. The molecule has 1 aliphatic rings. The summed E-state index contributed by atoms with van der Waals surface area (Å²) in [6.07, 6.45) is 3.17. The van der Waals surface area contributed by atoms with Crippen LogP contribution in [0.3, 0.4) is 0 Å². The normalized spacial score (nSPS) is 13.9. The van der Waals surface area contributed by atoms with Gasteiger partial charge in [0.05, 0.1) is 10.5 Å². The van der Waals surface area contributed by atoms with Gasteiger partial charge in [-0.25, -0.2) is 4.98 Å². The molecule has 7 nitrogen and oxygen atoms in total. The summed E-state index contributed by atoms with van der Waals surface area (Å²) in [5, 5.41) is 13.8. The van der Waals surface area contributed by atoms with Crippen molar-refractivity contribution in [3.8, 4) is 0 Å². The number of nitrogens with zero attached hydrogens (tertiary/aromatic N) is 3. The number of nitro groups is 1. The second kappa shape index (κ2) is 5.85. The lowest BCUT2D eigenvalue weighted by Crippen LogP contribution is -2.33. The number of carbonyl (C=O) groups is 1. The highest BCUT2D eigenvalue weighted by Crippen LogP contribution is 2.30. The first-order valence-corrected chi connectivity index (χ1v) is 6.77.